The molecule has 5 heteroatoms. The number of hydrogen-bond donors (Lipinski definition) is 2. The molecule has 0 bridgehead atoms. The van der Waals surface area contributed by atoms with Gasteiger partial charge in [-0.15, -0.1) is 0 Å². The average molecular weight is 306 g/mol. The van der Waals surface area contributed by atoms with E-state index in [1.165, 1.54) is 5.56 Å². The van der Waals surface area contributed by atoms with Crippen LogP contribution in [0.15, 0.2) is 30.3 Å². The van der Waals surface area contributed by atoms with Crippen molar-refractivity contribution in [3.63, 3.8) is 0 Å². The van der Waals surface area contributed by atoms with Gasteiger partial charge in [0.05, 0.1) is 0 Å². The highest BCUT2D eigenvalue weighted by Gasteiger charge is 2.17. The summed E-state index contributed by atoms with van der Waals surface area (Å²) in [6.45, 7) is 5.77. The van der Waals surface area contributed by atoms with Gasteiger partial charge < -0.3 is 15.3 Å². The van der Waals surface area contributed by atoms with E-state index in [1.807, 2.05) is 25.1 Å². The summed E-state index contributed by atoms with van der Waals surface area (Å²) >= 11 is 0. The summed E-state index contributed by atoms with van der Waals surface area (Å²) in [6, 6.07) is 10.1. The van der Waals surface area contributed by atoms with Crippen LogP contribution in [0, 0.1) is 0 Å². The van der Waals surface area contributed by atoms with Crippen LogP contribution in [0.2, 0.25) is 0 Å². The second-order valence-corrected chi connectivity index (χ2v) is 5.28. The quantitative estimate of drug-likeness (QED) is 0.689. The Kier molecular flexibility index (Phi) is 8.04. The molecule has 0 saturated heterocycles. The van der Waals surface area contributed by atoms with E-state index in [4.69, 9.17) is 5.11 Å². The lowest BCUT2D eigenvalue weighted by Gasteiger charge is -2.26. The zero-order valence-corrected chi connectivity index (χ0v) is 13.4. The van der Waals surface area contributed by atoms with E-state index < -0.39 is 5.97 Å². The number of carboxylic acids is 1. The molecule has 1 unspecified atom stereocenters. The van der Waals surface area contributed by atoms with Gasteiger partial charge in [-0.05, 0) is 25.3 Å². The topological polar surface area (TPSA) is 69.6 Å². The predicted molar refractivity (Wildman–Crippen MR) is 87.0 cm³/mol. The summed E-state index contributed by atoms with van der Waals surface area (Å²) in [4.78, 5) is 24.4. The third kappa shape index (κ3) is 6.16. The number of aliphatic carboxylic acids is 1. The fourth-order valence-electron chi connectivity index (χ4n) is 2.36. The summed E-state index contributed by atoms with van der Waals surface area (Å²) in [5, 5.41) is 11.4. The number of carbonyl (C=O) groups is 2. The van der Waals surface area contributed by atoms with Crippen LogP contribution >= 0.6 is 0 Å². The van der Waals surface area contributed by atoms with Gasteiger partial charge in [0.1, 0.15) is 0 Å². The van der Waals surface area contributed by atoms with Gasteiger partial charge in [-0.2, -0.15) is 0 Å². The molecule has 0 aromatic heterocycles. The van der Waals surface area contributed by atoms with E-state index in [9.17, 15) is 9.59 Å². The zero-order valence-electron chi connectivity index (χ0n) is 13.4. The summed E-state index contributed by atoms with van der Waals surface area (Å²) in [7, 11) is 0. The van der Waals surface area contributed by atoms with Gasteiger partial charge in [0.25, 0.3) is 0 Å². The molecule has 1 aromatic carbocycles. The standard InChI is InChI=1S/C17H26N2O3/c1-3-14(15-9-6-5-7-10-15)13-19(4-2)17(22)18-12-8-11-16(20)21/h5-7,9-10,14H,3-4,8,11-13H2,1-2H3,(H,18,22)(H,20,21). The van der Waals surface area contributed by atoms with Crippen molar-refractivity contribution in [2.75, 3.05) is 19.6 Å². The Labute approximate surface area is 132 Å². The third-order valence-electron chi connectivity index (χ3n) is 3.72. The lowest BCUT2D eigenvalue weighted by Crippen LogP contribution is -2.42. The number of benzene rings is 1. The molecule has 0 aliphatic rings. The highest BCUT2D eigenvalue weighted by molar-refractivity contribution is 5.74. The van der Waals surface area contributed by atoms with Crippen LogP contribution in [0.1, 0.15) is 44.6 Å². The monoisotopic (exact) mass is 306 g/mol. The number of nitrogens with zero attached hydrogens (tertiary/aromatic N) is 1. The fraction of sp³-hybridized carbons (Fsp3) is 0.529. The van der Waals surface area contributed by atoms with Crippen LogP contribution < -0.4 is 5.32 Å². The number of amides is 2. The van der Waals surface area contributed by atoms with Crippen LogP contribution in [-0.4, -0.2) is 41.6 Å². The largest absolute Gasteiger partial charge is 0.481 e. The summed E-state index contributed by atoms with van der Waals surface area (Å²) in [5.74, 6) is -0.525. The average Bonchev–Trinajstić information content (AvgIpc) is 2.53. The second-order valence-electron chi connectivity index (χ2n) is 5.28. The van der Waals surface area contributed by atoms with E-state index in [1.54, 1.807) is 4.90 Å². The number of likely N-dealkylation sites (N-methyl/N-ethyl adjacent to an activating group) is 1. The Balaban J connectivity index is 2.51. The van der Waals surface area contributed by atoms with Crippen molar-refractivity contribution in [1.29, 1.82) is 0 Å². The first kappa shape index (κ1) is 18.0. The smallest absolute Gasteiger partial charge is 0.317 e. The van der Waals surface area contributed by atoms with Crippen LogP contribution in [-0.2, 0) is 4.79 Å². The Bertz CT molecular complexity index is 462. The molecular weight excluding hydrogens is 280 g/mol. The molecule has 0 radical (unpaired) electrons. The van der Waals surface area contributed by atoms with Gasteiger partial charge in [0.15, 0.2) is 0 Å². The molecule has 0 heterocycles. The van der Waals surface area contributed by atoms with E-state index in [2.05, 4.69) is 24.4 Å². The molecule has 0 aliphatic carbocycles. The Morgan fingerprint density at radius 1 is 1.23 bits per heavy atom. The van der Waals surface area contributed by atoms with Gasteiger partial charge in [-0.3, -0.25) is 4.79 Å². The van der Waals surface area contributed by atoms with Crippen LogP contribution in [0.25, 0.3) is 0 Å². The maximum atomic E-state index is 12.2. The zero-order chi connectivity index (χ0) is 16.4. The lowest BCUT2D eigenvalue weighted by atomic mass is 9.96. The van der Waals surface area contributed by atoms with Crippen molar-refractivity contribution in [3.8, 4) is 0 Å². The first-order valence-electron chi connectivity index (χ1n) is 7.88. The lowest BCUT2D eigenvalue weighted by molar-refractivity contribution is -0.137. The highest BCUT2D eigenvalue weighted by atomic mass is 16.4. The minimum absolute atomic E-state index is 0.0774. The minimum atomic E-state index is -0.836. The second kappa shape index (κ2) is 9.82. The Morgan fingerprint density at radius 3 is 2.45 bits per heavy atom. The van der Waals surface area contributed by atoms with Gasteiger partial charge in [0.2, 0.25) is 0 Å². The molecule has 0 aliphatic heterocycles. The number of hydrogen-bond acceptors (Lipinski definition) is 2. The van der Waals surface area contributed by atoms with Crippen molar-refractivity contribution in [2.45, 2.75) is 39.0 Å². The number of urea groups is 1. The molecule has 0 saturated carbocycles. The van der Waals surface area contributed by atoms with Gasteiger partial charge in [-0.25, -0.2) is 4.79 Å². The molecule has 2 amide bonds. The predicted octanol–water partition coefficient (Wildman–Crippen LogP) is 3.08. The molecule has 0 spiro atoms. The van der Waals surface area contributed by atoms with Gasteiger partial charge in [0, 0.05) is 32.0 Å². The van der Waals surface area contributed by atoms with Crippen molar-refractivity contribution < 1.29 is 14.7 Å². The Hall–Kier alpha value is -2.04. The summed E-state index contributed by atoms with van der Waals surface area (Å²) in [5.41, 5.74) is 1.24. The van der Waals surface area contributed by atoms with Crippen LogP contribution in [0.4, 0.5) is 4.79 Å². The number of nitrogens with one attached hydrogen (secondary N) is 1. The first-order chi connectivity index (χ1) is 10.6. The van der Waals surface area contributed by atoms with Crippen molar-refractivity contribution in [3.05, 3.63) is 35.9 Å². The van der Waals surface area contributed by atoms with E-state index >= 15 is 0 Å². The molecule has 5 nitrogen and oxygen atoms in total. The maximum absolute atomic E-state index is 12.2. The van der Waals surface area contributed by atoms with Gasteiger partial charge >= 0.3 is 12.0 Å². The Morgan fingerprint density at radius 2 is 1.91 bits per heavy atom. The molecule has 0 fully saturated rings. The number of carboxylic acid groups (broad SMARTS) is 1. The SMILES string of the molecule is CCC(CN(CC)C(=O)NCCCC(=O)O)c1ccccc1. The van der Waals surface area contributed by atoms with E-state index in [0.717, 1.165) is 6.42 Å². The normalized spacial score (nSPS) is 11.7. The molecule has 2 N–H and O–H groups in total. The molecule has 1 atom stereocenters. The van der Waals surface area contributed by atoms with Crippen molar-refractivity contribution in [2.24, 2.45) is 0 Å². The maximum Gasteiger partial charge on any atom is 0.317 e. The third-order valence-corrected chi connectivity index (χ3v) is 3.72. The molecule has 1 aromatic rings. The van der Waals surface area contributed by atoms with E-state index in [0.29, 0.717) is 32.0 Å². The molecular formula is C17H26N2O3. The summed E-state index contributed by atoms with van der Waals surface area (Å²) < 4.78 is 0. The van der Waals surface area contributed by atoms with Gasteiger partial charge in [-0.1, -0.05) is 37.3 Å². The minimum Gasteiger partial charge on any atom is -0.481 e. The highest BCUT2D eigenvalue weighted by Crippen LogP contribution is 2.20. The molecule has 22 heavy (non-hydrogen) atoms. The number of rotatable bonds is 9. The fourth-order valence-corrected chi connectivity index (χ4v) is 2.36. The van der Waals surface area contributed by atoms with Crippen LogP contribution in [0.3, 0.4) is 0 Å². The van der Waals surface area contributed by atoms with E-state index in [-0.39, 0.29) is 12.5 Å². The van der Waals surface area contributed by atoms with Crippen molar-refractivity contribution in [1.82, 2.24) is 10.2 Å². The van der Waals surface area contributed by atoms with Crippen molar-refractivity contribution >= 4 is 12.0 Å². The first-order valence-corrected chi connectivity index (χ1v) is 7.88. The molecule has 122 valence electrons. The number of carbonyl (C=O) groups excluding carboxylic acids is 1. The van der Waals surface area contributed by atoms with Crippen LogP contribution in [0.5, 0.6) is 0 Å². The summed E-state index contributed by atoms with van der Waals surface area (Å²) in [6.07, 6.45) is 1.50. The molecule has 1 rings (SSSR count).